The molecule has 0 unspecified atom stereocenters. The average Bonchev–Trinajstić information content (AvgIpc) is 2.69. The second-order valence-corrected chi connectivity index (χ2v) is 5.32. The number of imidazole rings is 1. The van der Waals surface area contributed by atoms with Gasteiger partial charge in [0.25, 0.3) is 0 Å². The van der Waals surface area contributed by atoms with Gasteiger partial charge in [-0.25, -0.2) is 0 Å². The van der Waals surface area contributed by atoms with Gasteiger partial charge in [-0.15, -0.1) is 0 Å². The Balaban J connectivity index is 2.20. The summed E-state index contributed by atoms with van der Waals surface area (Å²) in [5.74, 6) is 0. The predicted molar refractivity (Wildman–Crippen MR) is 79.6 cm³/mol. The number of rotatable bonds is 5. The SMILES string of the molecule is CN(C)CCCCn1c(=S)[nH]c2ccc(C#N)cc21. The first kappa shape index (κ1) is 13.8. The Hall–Kier alpha value is -1.64. The maximum absolute atomic E-state index is 8.97. The first-order valence-corrected chi connectivity index (χ1v) is 6.80. The molecular formula is C14H18N4S. The van der Waals surface area contributed by atoms with Crippen LogP contribution in [0.15, 0.2) is 18.2 Å². The molecular weight excluding hydrogens is 256 g/mol. The Bertz CT molecular complexity index is 660. The van der Waals surface area contributed by atoms with E-state index in [1.54, 1.807) is 0 Å². The molecule has 0 fully saturated rings. The number of fused-ring (bicyclic) bond motifs is 1. The van der Waals surface area contributed by atoms with E-state index in [0.717, 1.165) is 41.7 Å². The van der Waals surface area contributed by atoms with E-state index in [-0.39, 0.29) is 0 Å². The fraction of sp³-hybridized carbons (Fsp3) is 0.429. The van der Waals surface area contributed by atoms with Crippen molar-refractivity contribution in [2.45, 2.75) is 19.4 Å². The van der Waals surface area contributed by atoms with Crippen LogP contribution in [0.1, 0.15) is 18.4 Å². The van der Waals surface area contributed by atoms with Crippen LogP contribution in [0.4, 0.5) is 0 Å². The van der Waals surface area contributed by atoms with Crippen molar-refractivity contribution >= 4 is 23.3 Å². The normalized spacial score (nSPS) is 11.1. The van der Waals surface area contributed by atoms with Gasteiger partial charge in [-0.05, 0) is 63.9 Å². The predicted octanol–water partition coefficient (Wildman–Crippen LogP) is 2.91. The van der Waals surface area contributed by atoms with Gasteiger partial charge in [0.05, 0.1) is 22.7 Å². The molecule has 1 aromatic heterocycles. The summed E-state index contributed by atoms with van der Waals surface area (Å²) in [7, 11) is 4.16. The van der Waals surface area contributed by atoms with Crippen molar-refractivity contribution in [2.24, 2.45) is 0 Å². The summed E-state index contributed by atoms with van der Waals surface area (Å²) in [6, 6.07) is 7.79. The van der Waals surface area contributed by atoms with Crippen LogP contribution in [0, 0.1) is 16.1 Å². The number of aromatic nitrogens is 2. The van der Waals surface area contributed by atoms with Gasteiger partial charge in [-0.1, -0.05) is 0 Å². The number of hydrogen-bond acceptors (Lipinski definition) is 3. The van der Waals surface area contributed by atoms with Crippen molar-refractivity contribution in [3.05, 3.63) is 28.5 Å². The molecule has 0 radical (unpaired) electrons. The monoisotopic (exact) mass is 274 g/mol. The third kappa shape index (κ3) is 3.22. The molecule has 0 bridgehead atoms. The zero-order valence-electron chi connectivity index (χ0n) is 11.3. The maximum atomic E-state index is 8.97. The van der Waals surface area contributed by atoms with Crippen LogP contribution in [0.25, 0.3) is 11.0 Å². The highest BCUT2D eigenvalue weighted by molar-refractivity contribution is 7.71. The zero-order valence-corrected chi connectivity index (χ0v) is 12.1. The topological polar surface area (TPSA) is 47.8 Å². The first-order valence-electron chi connectivity index (χ1n) is 6.39. The van der Waals surface area contributed by atoms with Crippen LogP contribution in [0.5, 0.6) is 0 Å². The molecule has 1 heterocycles. The van der Waals surface area contributed by atoms with E-state index in [1.807, 2.05) is 18.2 Å². The molecule has 0 amide bonds. The second-order valence-electron chi connectivity index (χ2n) is 4.94. The molecule has 1 aromatic carbocycles. The highest BCUT2D eigenvalue weighted by Crippen LogP contribution is 2.16. The minimum Gasteiger partial charge on any atom is -0.331 e. The third-order valence-electron chi connectivity index (χ3n) is 3.14. The molecule has 0 spiro atoms. The van der Waals surface area contributed by atoms with E-state index in [9.17, 15) is 0 Å². The summed E-state index contributed by atoms with van der Waals surface area (Å²) in [4.78, 5) is 5.37. The summed E-state index contributed by atoms with van der Waals surface area (Å²) in [6.45, 7) is 1.97. The molecule has 2 aromatic rings. The summed E-state index contributed by atoms with van der Waals surface area (Å²) in [5, 5.41) is 8.97. The van der Waals surface area contributed by atoms with E-state index in [4.69, 9.17) is 17.5 Å². The van der Waals surface area contributed by atoms with Gasteiger partial charge in [0.1, 0.15) is 0 Å². The largest absolute Gasteiger partial charge is 0.331 e. The van der Waals surface area contributed by atoms with Gasteiger partial charge in [0.2, 0.25) is 0 Å². The summed E-state index contributed by atoms with van der Waals surface area (Å²) < 4.78 is 2.82. The van der Waals surface area contributed by atoms with Gasteiger partial charge >= 0.3 is 0 Å². The minimum absolute atomic E-state index is 0.670. The average molecular weight is 274 g/mol. The van der Waals surface area contributed by atoms with E-state index >= 15 is 0 Å². The number of H-pyrrole nitrogens is 1. The zero-order chi connectivity index (χ0) is 13.8. The van der Waals surface area contributed by atoms with Crippen LogP contribution < -0.4 is 0 Å². The second kappa shape index (κ2) is 6.00. The number of nitrogens with one attached hydrogen (secondary N) is 1. The van der Waals surface area contributed by atoms with E-state index in [0.29, 0.717) is 5.56 Å². The number of unbranched alkanes of at least 4 members (excludes halogenated alkanes) is 1. The van der Waals surface area contributed by atoms with E-state index in [1.165, 1.54) is 0 Å². The number of nitrogens with zero attached hydrogens (tertiary/aromatic N) is 3. The molecule has 2 rings (SSSR count). The summed E-state index contributed by atoms with van der Waals surface area (Å²) in [6.07, 6.45) is 2.22. The minimum atomic E-state index is 0.670. The molecule has 100 valence electrons. The fourth-order valence-corrected chi connectivity index (χ4v) is 2.44. The molecule has 0 saturated carbocycles. The fourth-order valence-electron chi connectivity index (χ4n) is 2.14. The van der Waals surface area contributed by atoms with Crippen LogP contribution in [0.3, 0.4) is 0 Å². The van der Waals surface area contributed by atoms with Crippen molar-refractivity contribution < 1.29 is 0 Å². The van der Waals surface area contributed by atoms with Gasteiger partial charge in [-0.2, -0.15) is 5.26 Å². The van der Waals surface area contributed by atoms with Gasteiger partial charge in [0.15, 0.2) is 4.77 Å². The lowest BCUT2D eigenvalue weighted by Gasteiger charge is -2.09. The number of hydrogen-bond donors (Lipinski definition) is 1. The van der Waals surface area contributed by atoms with Crippen LogP contribution in [0.2, 0.25) is 0 Å². The van der Waals surface area contributed by atoms with Crippen LogP contribution in [-0.2, 0) is 6.54 Å². The van der Waals surface area contributed by atoms with Gasteiger partial charge in [-0.3, -0.25) is 0 Å². The highest BCUT2D eigenvalue weighted by atomic mass is 32.1. The summed E-state index contributed by atoms with van der Waals surface area (Å²) >= 11 is 5.35. The molecule has 0 aliphatic heterocycles. The van der Waals surface area contributed by atoms with Crippen molar-refractivity contribution in [2.75, 3.05) is 20.6 Å². The smallest absolute Gasteiger partial charge is 0.178 e. The van der Waals surface area contributed by atoms with Crippen LogP contribution >= 0.6 is 12.2 Å². The maximum Gasteiger partial charge on any atom is 0.178 e. The Morgan fingerprint density at radius 3 is 2.84 bits per heavy atom. The van der Waals surface area contributed by atoms with E-state index in [2.05, 4.69) is 34.6 Å². The van der Waals surface area contributed by atoms with Crippen molar-refractivity contribution in [1.29, 1.82) is 5.26 Å². The van der Waals surface area contributed by atoms with Crippen LogP contribution in [-0.4, -0.2) is 35.1 Å². The molecule has 0 aliphatic carbocycles. The van der Waals surface area contributed by atoms with Gasteiger partial charge < -0.3 is 14.5 Å². The Morgan fingerprint density at radius 1 is 1.37 bits per heavy atom. The number of benzene rings is 1. The van der Waals surface area contributed by atoms with E-state index < -0.39 is 0 Å². The van der Waals surface area contributed by atoms with Crippen molar-refractivity contribution in [1.82, 2.24) is 14.5 Å². The quantitative estimate of drug-likeness (QED) is 0.673. The standard InChI is InChI=1S/C14H18N4S/c1-17(2)7-3-4-8-18-13-9-11(10-15)5-6-12(13)16-14(18)19/h5-6,9H,3-4,7-8H2,1-2H3,(H,16,19). The Morgan fingerprint density at radius 2 is 2.16 bits per heavy atom. The number of aromatic amines is 1. The molecule has 0 atom stereocenters. The molecule has 0 aliphatic rings. The number of nitriles is 1. The number of aryl methyl sites for hydroxylation is 1. The first-order chi connectivity index (χ1) is 9.11. The Labute approximate surface area is 118 Å². The highest BCUT2D eigenvalue weighted by Gasteiger charge is 2.05. The summed E-state index contributed by atoms with van der Waals surface area (Å²) in [5.41, 5.74) is 2.69. The molecule has 0 saturated heterocycles. The van der Waals surface area contributed by atoms with Crippen molar-refractivity contribution in [3.63, 3.8) is 0 Å². The van der Waals surface area contributed by atoms with Crippen molar-refractivity contribution in [3.8, 4) is 6.07 Å². The Kier molecular flexibility index (Phi) is 4.35. The third-order valence-corrected chi connectivity index (χ3v) is 3.46. The molecule has 4 nitrogen and oxygen atoms in total. The lowest BCUT2D eigenvalue weighted by molar-refractivity contribution is 0.388. The van der Waals surface area contributed by atoms with Gasteiger partial charge in [0, 0.05) is 6.54 Å². The molecule has 1 N–H and O–H groups in total. The lowest BCUT2D eigenvalue weighted by Crippen LogP contribution is -2.13. The lowest BCUT2D eigenvalue weighted by atomic mass is 10.2. The molecule has 19 heavy (non-hydrogen) atoms. The molecule has 5 heteroatoms.